The summed E-state index contributed by atoms with van der Waals surface area (Å²) in [7, 11) is 0. The number of H-pyrrole nitrogens is 1. The number of nitrogens with one attached hydrogen (secondary N) is 1. The van der Waals surface area contributed by atoms with E-state index in [4.69, 9.17) is 0 Å². The van der Waals surface area contributed by atoms with Crippen molar-refractivity contribution in [2.45, 2.75) is 6.54 Å². The van der Waals surface area contributed by atoms with Gasteiger partial charge in [-0.2, -0.15) is 0 Å². The fraction of sp³-hybridized carbons (Fsp3) is 0.100. The average Bonchev–Trinajstić information content (AvgIpc) is 2.25. The van der Waals surface area contributed by atoms with Gasteiger partial charge in [-0.25, -0.2) is 4.79 Å². The van der Waals surface area contributed by atoms with Crippen molar-refractivity contribution in [3.8, 4) is 0 Å². The zero-order chi connectivity index (χ0) is 11.5. The summed E-state index contributed by atoms with van der Waals surface area (Å²) in [6, 6.07) is 4.96. The standard InChI is InChI=1S/C10H8BrN3O2/c11-7-1-2-8(12-5-7)6-14-4-3-9(15)13-10(14)16/h1-5H,6H2,(H,13,15,16). The molecule has 2 aromatic heterocycles. The van der Waals surface area contributed by atoms with Gasteiger partial charge in [0.15, 0.2) is 0 Å². The Bertz CT molecular complexity index is 600. The third kappa shape index (κ3) is 2.46. The fourth-order valence-electron chi connectivity index (χ4n) is 1.24. The summed E-state index contributed by atoms with van der Waals surface area (Å²) in [5, 5.41) is 0. The number of aromatic nitrogens is 3. The minimum absolute atomic E-state index is 0.336. The molecule has 0 unspecified atom stereocenters. The van der Waals surface area contributed by atoms with Crippen LogP contribution in [0.15, 0.2) is 44.7 Å². The van der Waals surface area contributed by atoms with Gasteiger partial charge in [-0.1, -0.05) is 0 Å². The molecule has 0 amide bonds. The van der Waals surface area contributed by atoms with E-state index in [1.807, 2.05) is 12.1 Å². The van der Waals surface area contributed by atoms with E-state index in [0.717, 1.165) is 10.2 Å². The Morgan fingerprint density at radius 1 is 1.31 bits per heavy atom. The van der Waals surface area contributed by atoms with Gasteiger partial charge < -0.3 is 0 Å². The molecular formula is C10H8BrN3O2. The largest absolute Gasteiger partial charge is 0.328 e. The van der Waals surface area contributed by atoms with E-state index >= 15 is 0 Å². The molecule has 0 atom stereocenters. The molecule has 0 bridgehead atoms. The molecule has 2 aromatic rings. The topological polar surface area (TPSA) is 67.8 Å². The van der Waals surface area contributed by atoms with E-state index in [2.05, 4.69) is 25.9 Å². The molecule has 0 spiro atoms. The second-order valence-electron chi connectivity index (χ2n) is 3.21. The number of hydrogen-bond donors (Lipinski definition) is 1. The van der Waals surface area contributed by atoms with Gasteiger partial charge in [-0.15, -0.1) is 0 Å². The van der Waals surface area contributed by atoms with Gasteiger partial charge in [0.05, 0.1) is 12.2 Å². The molecule has 6 heteroatoms. The summed E-state index contributed by atoms with van der Waals surface area (Å²) < 4.78 is 2.27. The number of rotatable bonds is 2. The van der Waals surface area contributed by atoms with Gasteiger partial charge >= 0.3 is 5.69 Å². The smallest absolute Gasteiger partial charge is 0.295 e. The van der Waals surface area contributed by atoms with Crippen LogP contribution in [0.3, 0.4) is 0 Å². The number of nitrogens with zero attached hydrogens (tertiary/aromatic N) is 2. The molecule has 0 aliphatic rings. The van der Waals surface area contributed by atoms with Gasteiger partial charge in [0.2, 0.25) is 0 Å². The van der Waals surface area contributed by atoms with Crippen LogP contribution in [-0.4, -0.2) is 14.5 Å². The van der Waals surface area contributed by atoms with Gasteiger partial charge in [0.1, 0.15) is 0 Å². The van der Waals surface area contributed by atoms with E-state index in [9.17, 15) is 9.59 Å². The van der Waals surface area contributed by atoms with Gasteiger partial charge in [0.25, 0.3) is 5.56 Å². The average molecular weight is 282 g/mol. The third-order valence-corrected chi connectivity index (χ3v) is 2.49. The Labute approximate surface area is 98.9 Å². The Balaban J connectivity index is 2.30. The highest BCUT2D eigenvalue weighted by atomic mass is 79.9. The maximum absolute atomic E-state index is 11.4. The quantitative estimate of drug-likeness (QED) is 0.883. The first-order valence-electron chi connectivity index (χ1n) is 4.55. The van der Waals surface area contributed by atoms with Crippen LogP contribution in [0.4, 0.5) is 0 Å². The van der Waals surface area contributed by atoms with Crippen LogP contribution in [0.1, 0.15) is 5.69 Å². The maximum Gasteiger partial charge on any atom is 0.328 e. The minimum atomic E-state index is -0.433. The lowest BCUT2D eigenvalue weighted by Crippen LogP contribution is -2.29. The first kappa shape index (κ1) is 10.8. The fourth-order valence-corrected chi connectivity index (χ4v) is 1.48. The summed E-state index contributed by atoms with van der Waals surface area (Å²) in [5.41, 5.74) is -0.0837. The van der Waals surface area contributed by atoms with Crippen molar-refractivity contribution in [3.63, 3.8) is 0 Å². The van der Waals surface area contributed by atoms with Crippen LogP contribution in [-0.2, 0) is 6.54 Å². The molecule has 2 rings (SSSR count). The Hall–Kier alpha value is -1.69. The van der Waals surface area contributed by atoms with E-state index in [1.54, 1.807) is 6.20 Å². The molecule has 0 aromatic carbocycles. The molecular weight excluding hydrogens is 274 g/mol. The molecule has 0 fully saturated rings. The van der Waals surface area contributed by atoms with Crippen LogP contribution in [0.5, 0.6) is 0 Å². The molecule has 2 heterocycles. The molecule has 0 saturated carbocycles. The summed E-state index contributed by atoms with van der Waals surface area (Å²) in [4.78, 5) is 28.6. The van der Waals surface area contributed by atoms with Crippen molar-refractivity contribution in [2.24, 2.45) is 0 Å². The lowest BCUT2D eigenvalue weighted by Gasteiger charge is -2.03. The normalized spacial score (nSPS) is 10.3. The summed E-state index contributed by atoms with van der Waals surface area (Å²) in [6.45, 7) is 0.336. The number of halogens is 1. The highest BCUT2D eigenvalue weighted by Crippen LogP contribution is 2.07. The van der Waals surface area contributed by atoms with Crippen molar-refractivity contribution >= 4 is 15.9 Å². The van der Waals surface area contributed by atoms with Crippen molar-refractivity contribution < 1.29 is 0 Å². The predicted molar refractivity (Wildman–Crippen MR) is 62.4 cm³/mol. The SMILES string of the molecule is O=c1ccn(Cc2ccc(Br)cn2)c(=O)[nH]1. The van der Waals surface area contributed by atoms with Crippen LogP contribution in [0, 0.1) is 0 Å². The van der Waals surface area contributed by atoms with Gasteiger partial charge in [-0.3, -0.25) is 19.3 Å². The number of hydrogen-bond acceptors (Lipinski definition) is 3. The summed E-state index contributed by atoms with van der Waals surface area (Å²) in [6.07, 6.45) is 3.11. The predicted octanol–water partition coefficient (Wildman–Crippen LogP) is 0.742. The lowest BCUT2D eigenvalue weighted by molar-refractivity contribution is 0.705. The second-order valence-corrected chi connectivity index (χ2v) is 4.12. The van der Waals surface area contributed by atoms with Crippen LogP contribution in [0.25, 0.3) is 0 Å². The Kier molecular flexibility index (Phi) is 3.00. The van der Waals surface area contributed by atoms with Crippen LogP contribution < -0.4 is 11.2 Å². The maximum atomic E-state index is 11.4. The molecule has 0 radical (unpaired) electrons. The number of aromatic amines is 1. The van der Waals surface area contributed by atoms with Crippen LogP contribution >= 0.6 is 15.9 Å². The molecule has 0 saturated heterocycles. The molecule has 5 nitrogen and oxygen atoms in total. The van der Waals surface area contributed by atoms with Crippen molar-refractivity contribution in [1.82, 2.24) is 14.5 Å². The second kappa shape index (κ2) is 4.44. The first-order chi connectivity index (χ1) is 7.65. The van der Waals surface area contributed by atoms with Gasteiger partial charge in [-0.05, 0) is 28.1 Å². The monoisotopic (exact) mass is 281 g/mol. The molecule has 16 heavy (non-hydrogen) atoms. The van der Waals surface area contributed by atoms with Crippen LogP contribution in [0.2, 0.25) is 0 Å². The van der Waals surface area contributed by atoms with E-state index in [0.29, 0.717) is 6.54 Å². The molecule has 82 valence electrons. The van der Waals surface area contributed by atoms with E-state index in [1.165, 1.54) is 16.8 Å². The van der Waals surface area contributed by atoms with Crippen molar-refractivity contribution in [1.29, 1.82) is 0 Å². The Morgan fingerprint density at radius 3 is 2.75 bits per heavy atom. The van der Waals surface area contributed by atoms with Crippen molar-refractivity contribution in [3.05, 3.63) is 61.6 Å². The van der Waals surface area contributed by atoms with Crippen molar-refractivity contribution in [2.75, 3.05) is 0 Å². The summed E-state index contributed by atoms with van der Waals surface area (Å²) >= 11 is 3.28. The molecule has 0 aliphatic carbocycles. The molecule has 0 aliphatic heterocycles. The van der Waals surface area contributed by atoms with E-state index in [-0.39, 0.29) is 0 Å². The lowest BCUT2D eigenvalue weighted by atomic mass is 10.3. The zero-order valence-corrected chi connectivity index (χ0v) is 9.77. The first-order valence-corrected chi connectivity index (χ1v) is 5.34. The van der Waals surface area contributed by atoms with Gasteiger partial charge in [0, 0.05) is 22.9 Å². The third-order valence-electron chi connectivity index (χ3n) is 2.02. The Morgan fingerprint density at radius 2 is 2.12 bits per heavy atom. The summed E-state index contributed by atoms with van der Waals surface area (Å²) in [5.74, 6) is 0. The minimum Gasteiger partial charge on any atom is -0.295 e. The molecule has 1 N–H and O–H groups in total. The highest BCUT2D eigenvalue weighted by molar-refractivity contribution is 9.10. The van der Waals surface area contributed by atoms with E-state index < -0.39 is 11.2 Å². The number of pyridine rings is 1. The highest BCUT2D eigenvalue weighted by Gasteiger charge is 1.99. The zero-order valence-electron chi connectivity index (χ0n) is 8.18.